The molecule has 0 unspecified atom stereocenters. The maximum absolute atomic E-state index is 12.5. The summed E-state index contributed by atoms with van der Waals surface area (Å²) in [7, 11) is 0. The van der Waals surface area contributed by atoms with Crippen LogP contribution in [0.1, 0.15) is 42.3 Å². The molecule has 0 saturated carbocycles. The maximum atomic E-state index is 12.5. The van der Waals surface area contributed by atoms with Gasteiger partial charge in [-0.3, -0.25) is 4.79 Å². The molecule has 2 N–H and O–H groups in total. The van der Waals surface area contributed by atoms with Crippen LogP contribution in [0.25, 0.3) is 0 Å². The van der Waals surface area contributed by atoms with Crippen LogP contribution >= 0.6 is 0 Å². The van der Waals surface area contributed by atoms with Gasteiger partial charge in [0.15, 0.2) is 0 Å². The van der Waals surface area contributed by atoms with Gasteiger partial charge in [0.05, 0.1) is 0 Å². The molecule has 0 spiro atoms. The summed E-state index contributed by atoms with van der Waals surface area (Å²) < 4.78 is 0. The van der Waals surface area contributed by atoms with E-state index in [1.165, 1.54) is 11.1 Å². The highest BCUT2D eigenvalue weighted by atomic mass is 16.2. The van der Waals surface area contributed by atoms with Crippen molar-refractivity contribution in [2.24, 2.45) is 5.92 Å². The van der Waals surface area contributed by atoms with E-state index in [0.29, 0.717) is 30.3 Å². The molecule has 5 nitrogen and oxygen atoms in total. The molecule has 3 amide bonds. The largest absolute Gasteiger partial charge is 0.349 e. The number of hydrogen-bond acceptors (Lipinski definition) is 2. The van der Waals surface area contributed by atoms with Crippen LogP contribution in [-0.4, -0.2) is 22.9 Å². The zero-order valence-corrected chi connectivity index (χ0v) is 15.5. The van der Waals surface area contributed by atoms with E-state index < -0.39 is 0 Å². The van der Waals surface area contributed by atoms with Crippen molar-refractivity contribution < 1.29 is 9.59 Å². The number of hydrogen-bond donors (Lipinski definition) is 2. The van der Waals surface area contributed by atoms with Crippen molar-refractivity contribution in [1.82, 2.24) is 10.2 Å². The molecule has 3 rings (SSSR count). The van der Waals surface area contributed by atoms with Crippen LogP contribution in [0.15, 0.2) is 48.5 Å². The standard InChI is InChI=1S/C21H25N3O2/c1-14(2)15(3)22-20(25)16-8-10-19(11-9-16)23-21(26)24-12-17-6-4-5-7-18(17)13-24/h4-11,14-15H,12-13H2,1-3H3,(H,22,25)(H,23,26)/t15-/m1/s1. The number of amides is 3. The molecular formula is C21H25N3O2. The second-order valence-corrected chi connectivity index (χ2v) is 7.14. The Bertz CT molecular complexity index is 774. The quantitative estimate of drug-likeness (QED) is 0.874. The average molecular weight is 351 g/mol. The molecular weight excluding hydrogens is 326 g/mol. The van der Waals surface area contributed by atoms with Crippen LogP contribution in [0, 0.1) is 5.92 Å². The summed E-state index contributed by atoms with van der Waals surface area (Å²) in [5.41, 5.74) is 3.64. The molecule has 136 valence electrons. The molecule has 1 aliphatic rings. The van der Waals surface area contributed by atoms with Crippen LogP contribution in [0.3, 0.4) is 0 Å². The molecule has 2 aromatic carbocycles. The maximum Gasteiger partial charge on any atom is 0.322 e. The third-order valence-electron chi connectivity index (χ3n) is 4.89. The van der Waals surface area contributed by atoms with Gasteiger partial charge in [0.2, 0.25) is 0 Å². The molecule has 0 fully saturated rings. The predicted octanol–water partition coefficient (Wildman–Crippen LogP) is 4.01. The molecule has 2 aromatic rings. The predicted molar refractivity (Wildman–Crippen MR) is 103 cm³/mol. The summed E-state index contributed by atoms with van der Waals surface area (Å²) in [6.45, 7) is 7.37. The van der Waals surface area contributed by atoms with Crippen molar-refractivity contribution in [3.63, 3.8) is 0 Å². The number of nitrogens with one attached hydrogen (secondary N) is 2. The zero-order valence-electron chi connectivity index (χ0n) is 15.5. The fourth-order valence-corrected chi connectivity index (χ4v) is 2.84. The van der Waals surface area contributed by atoms with E-state index >= 15 is 0 Å². The third kappa shape index (κ3) is 4.04. The van der Waals surface area contributed by atoms with Gasteiger partial charge in [-0.15, -0.1) is 0 Å². The number of anilines is 1. The van der Waals surface area contributed by atoms with E-state index in [-0.39, 0.29) is 18.0 Å². The first-order chi connectivity index (χ1) is 12.4. The lowest BCUT2D eigenvalue weighted by Gasteiger charge is -2.18. The molecule has 0 saturated heterocycles. The minimum Gasteiger partial charge on any atom is -0.349 e. The van der Waals surface area contributed by atoms with Gasteiger partial charge >= 0.3 is 6.03 Å². The average Bonchev–Trinajstić information content (AvgIpc) is 3.06. The van der Waals surface area contributed by atoms with Crippen molar-refractivity contribution >= 4 is 17.6 Å². The first kappa shape index (κ1) is 18.0. The van der Waals surface area contributed by atoms with Gasteiger partial charge in [-0.25, -0.2) is 4.79 Å². The normalized spacial score (nSPS) is 14.1. The van der Waals surface area contributed by atoms with Gasteiger partial charge < -0.3 is 15.5 Å². The van der Waals surface area contributed by atoms with Gasteiger partial charge in [-0.1, -0.05) is 38.1 Å². The van der Waals surface area contributed by atoms with E-state index in [2.05, 4.69) is 24.5 Å². The van der Waals surface area contributed by atoms with Gasteiger partial charge in [-0.2, -0.15) is 0 Å². The van der Waals surface area contributed by atoms with Crippen molar-refractivity contribution in [3.8, 4) is 0 Å². The van der Waals surface area contributed by atoms with E-state index in [1.807, 2.05) is 31.2 Å². The van der Waals surface area contributed by atoms with Crippen molar-refractivity contribution in [3.05, 3.63) is 65.2 Å². The Hall–Kier alpha value is -2.82. The number of carbonyl (C=O) groups is 2. The minimum absolute atomic E-state index is 0.0981. The molecule has 26 heavy (non-hydrogen) atoms. The lowest BCUT2D eigenvalue weighted by Crippen LogP contribution is -2.36. The SMILES string of the molecule is CC(C)[C@@H](C)NC(=O)c1ccc(NC(=O)N2Cc3ccccc3C2)cc1. The van der Waals surface area contributed by atoms with Crippen LogP contribution in [0.4, 0.5) is 10.5 Å². The van der Waals surface area contributed by atoms with Crippen LogP contribution < -0.4 is 10.6 Å². The second kappa shape index (κ2) is 7.60. The molecule has 0 bridgehead atoms. The molecule has 0 aromatic heterocycles. The summed E-state index contributed by atoms with van der Waals surface area (Å²) >= 11 is 0. The fraction of sp³-hybridized carbons (Fsp3) is 0.333. The first-order valence-electron chi connectivity index (χ1n) is 8.97. The van der Waals surface area contributed by atoms with Crippen molar-refractivity contribution in [2.75, 3.05) is 5.32 Å². The Morgan fingerprint density at radius 2 is 1.50 bits per heavy atom. The molecule has 1 aliphatic heterocycles. The van der Waals surface area contributed by atoms with Gasteiger partial charge in [-0.05, 0) is 48.2 Å². The van der Waals surface area contributed by atoms with Crippen molar-refractivity contribution in [2.45, 2.75) is 39.9 Å². The minimum atomic E-state index is -0.133. The van der Waals surface area contributed by atoms with E-state index in [4.69, 9.17) is 0 Å². The summed E-state index contributed by atoms with van der Waals surface area (Å²) in [6.07, 6.45) is 0. The van der Waals surface area contributed by atoms with Crippen LogP contribution in [0.5, 0.6) is 0 Å². The molecule has 1 heterocycles. The molecule has 0 radical (unpaired) electrons. The highest BCUT2D eigenvalue weighted by molar-refractivity contribution is 5.95. The highest BCUT2D eigenvalue weighted by Gasteiger charge is 2.22. The lowest BCUT2D eigenvalue weighted by atomic mass is 10.1. The Labute approximate surface area is 154 Å². The monoisotopic (exact) mass is 351 g/mol. The summed E-state index contributed by atoms with van der Waals surface area (Å²) in [6, 6.07) is 15.0. The highest BCUT2D eigenvalue weighted by Crippen LogP contribution is 2.23. The zero-order chi connectivity index (χ0) is 18.7. The van der Waals surface area contributed by atoms with E-state index in [9.17, 15) is 9.59 Å². The number of rotatable bonds is 4. The number of urea groups is 1. The lowest BCUT2D eigenvalue weighted by molar-refractivity contribution is 0.0930. The molecule has 5 heteroatoms. The Morgan fingerprint density at radius 1 is 0.923 bits per heavy atom. The van der Waals surface area contributed by atoms with Gasteiger partial charge in [0.1, 0.15) is 0 Å². The Morgan fingerprint density at radius 3 is 2.04 bits per heavy atom. The van der Waals surface area contributed by atoms with Crippen LogP contribution in [0.2, 0.25) is 0 Å². The number of nitrogens with zero attached hydrogens (tertiary/aromatic N) is 1. The van der Waals surface area contributed by atoms with Crippen LogP contribution in [-0.2, 0) is 13.1 Å². The second-order valence-electron chi connectivity index (χ2n) is 7.14. The van der Waals surface area contributed by atoms with E-state index in [0.717, 1.165) is 0 Å². The summed E-state index contributed by atoms with van der Waals surface area (Å²) in [5, 5.41) is 5.88. The fourth-order valence-electron chi connectivity index (χ4n) is 2.84. The van der Waals surface area contributed by atoms with E-state index in [1.54, 1.807) is 29.2 Å². The molecule has 1 atom stereocenters. The third-order valence-corrected chi connectivity index (χ3v) is 4.89. The molecule has 0 aliphatic carbocycles. The van der Waals surface area contributed by atoms with Crippen molar-refractivity contribution in [1.29, 1.82) is 0 Å². The van der Waals surface area contributed by atoms with Gasteiger partial charge in [0.25, 0.3) is 5.91 Å². The topological polar surface area (TPSA) is 61.4 Å². The number of benzene rings is 2. The number of carbonyl (C=O) groups excluding carboxylic acids is 2. The summed E-state index contributed by atoms with van der Waals surface area (Å²) in [5.74, 6) is 0.279. The Kier molecular flexibility index (Phi) is 5.26. The van der Waals surface area contributed by atoms with Gasteiger partial charge in [0, 0.05) is 30.4 Å². The summed E-state index contributed by atoms with van der Waals surface area (Å²) in [4.78, 5) is 26.5. The smallest absolute Gasteiger partial charge is 0.322 e. The first-order valence-corrected chi connectivity index (χ1v) is 8.97. The Balaban J connectivity index is 1.58. The number of fused-ring (bicyclic) bond motifs is 1.